The molecule has 1 heteroatoms. The Bertz CT molecular complexity index is 1020. The maximum absolute atomic E-state index is 15.4. The van der Waals surface area contributed by atoms with Gasteiger partial charge in [0.1, 0.15) is 5.82 Å². The number of hydrogen-bond donors (Lipinski definition) is 0. The number of halogens is 1. The first-order valence-corrected chi connectivity index (χ1v) is 12.6. The first-order valence-electron chi connectivity index (χ1n) is 12.6. The average Bonchev–Trinajstić information content (AvgIpc) is 2.84. The molecule has 0 bridgehead atoms. The molecule has 0 atom stereocenters. The summed E-state index contributed by atoms with van der Waals surface area (Å²) in [6.45, 7) is 6.08. The van der Waals surface area contributed by atoms with E-state index in [4.69, 9.17) is 0 Å². The standard InChI is InChI=1S/C31H37F/c1-3-5-7-9-24-12-20-30-28(22-24)19-21-29(31(30)32)27-17-15-26(16-18-27)25-13-10-23(11-14-25)8-6-4-2/h4,12,15-23,25H,2-3,5-11,13-14H2,1H3. The molecule has 1 fully saturated rings. The summed E-state index contributed by atoms with van der Waals surface area (Å²) in [5, 5.41) is 1.73. The van der Waals surface area contributed by atoms with Crippen molar-refractivity contribution < 1.29 is 4.39 Å². The molecule has 0 radical (unpaired) electrons. The second kappa shape index (κ2) is 10.9. The van der Waals surface area contributed by atoms with Crippen molar-refractivity contribution in [3.8, 4) is 11.1 Å². The van der Waals surface area contributed by atoms with Gasteiger partial charge in [-0.3, -0.25) is 0 Å². The maximum atomic E-state index is 15.4. The van der Waals surface area contributed by atoms with Crippen LogP contribution >= 0.6 is 0 Å². The van der Waals surface area contributed by atoms with Crippen molar-refractivity contribution in [2.45, 2.75) is 77.0 Å². The van der Waals surface area contributed by atoms with Gasteiger partial charge in [-0.05, 0) is 85.3 Å². The molecule has 1 aliphatic carbocycles. The molecule has 0 N–H and O–H groups in total. The molecule has 0 saturated heterocycles. The van der Waals surface area contributed by atoms with Gasteiger partial charge in [-0.2, -0.15) is 0 Å². The van der Waals surface area contributed by atoms with Crippen LogP contribution in [0.25, 0.3) is 21.9 Å². The Labute approximate surface area is 193 Å². The van der Waals surface area contributed by atoms with Crippen LogP contribution in [0.1, 0.15) is 81.8 Å². The Morgan fingerprint density at radius 2 is 1.72 bits per heavy atom. The number of allylic oxidation sites excluding steroid dienone is 1. The Balaban J connectivity index is 1.46. The van der Waals surface area contributed by atoms with E-state index < -0.39 is 0 Å². The lowest BCUT2D eigenvalue weighted by molar-refractivity contribution is 0.312. The number of fused-ring (bicyclic) bond motifs is 1. The number of aryl methyl sites for hydroxylation is 1. The van der Waals surface area contributed by atoms with Gasteiger partial charge in [-0.15, -0.1) is 6.58 Å². The lowest BCUT2D eigenvalue weighted by Gasteiger charge is -2.28. The summed E-state index contributed by atoms with van der Waals surface area (Å²) < 4.78 is 15.4. The Morgan fingerprint density at radius 1 is 0.938 bits per heavy atom. The molecule has 32 heavy (non-hydrogen) atoms. The fourth-order valence-electron chi connectivity index (χ4n) is 5.37. The van der Waals surface area contributed by atoms with Gasteiger partial charge >= 0.3 is 0 Å². The number of unbranched alkanes of at least 4 members (excludes halogenated alkanes) is 2. The Morgan fingerprint density at radius 3 is 2.44 bits per heavy atom. The Kier molecular flexibility index (Phi) is 7.79. The predicted octanol–water partition coefficient (Wildman–Crippen LogP) is 9.62. The summed E-state index contributed by atoms with van der Waals surface area (Å²) in [7, 11) is 0. The van der Waals surface area contributed by atoms with E-state index in [0.717, 1.165) is 35.1 Å². The van der Waals surface area contributed by atoms with Crippen LogP contribution in [0.5, 0.6) is 0 Å². The highest BCUT2D eigenvalue weighted by atomic mass is 19.1. The van der Waals surface area contributed by atoms with Crippen molar-refractivity contribution in [3.05, 3.63) is 84.2 Å². The zero-order valence-corrected chi connectivity index (χ0v) is 19.6. The minimum atomic E-state index is -0.0990. The summed E-state index contributed by atoms with van der Waals surface area (Å²) in [4.78, 5) is 0. The van der Waals surface area contributed by atoms with E-state index in [0.29, 0.717) is 11.5 Å². The molecule has 1 saturated carbocycles. The highest BCUT2D eigenvalue weighted by Gasteiger charge is 2.22. The molecule has 0 spiro atoms. The van der Waals surface area contributed by atoms with Crippen molar-refractivity contribution in [2.24, 2.45) is 5.92 Å². The second-order valence-corrected chi connectivity index (χ2v) is 9.65. The van der Waals surface area contributed by atoms with Crippen LogP contribution in [0.2, 0.25) is 0 Å². The van der Waals surface area contributed by atoms with Crippen LogP contribution in [0, 0.1) is 11.7 Å². The van der Waals surface area contributed by atoms with Crippen LogP contribution in [-0.2, 0) is 6.42 Å². The van der Waals surface area contributed by atoms with Crippen molar-refractivity contribution in [3.63, 3.8) is 0 Å². The molecular weight excluding hydrogens is 391 g/mol. The highest BCUT2D eigenvalue weighted by Crippen LogP contribution is 2.38. The first-order chi connectivity index (χ1) is 15.7. The topological polar surface area (TPSA) is 0 Å². The van der Waals surface area contributed by atoms with E-state index in [9.17, 15) is 0 Å². The van der Waals surface area contributed by atoms with Gasteiger partial charge in [0.15, 0.2) is 0 Å². The van der Waals surface area contributed by atoms with E-state index in [2.05, 4.69) is 56.0 Å². The largest absolute Gasteiger partial charge is 0.206 e. The third-order valence-electron chi connectivity index (χ3n) is 7.41. The third kappa shape index (κ3) is 5.31. The van der Waals surface area contributed by atoms with Crippen LogP contribution < -0.4 is 0 Å². The monoisotopic (exact) mass is 428 g/mol. The molecule has 0 aliphatic heterocycles. The van der Waals surface area contributed by atoms with E-state index in [1.165, 1.54) is 62.5 Å². The third-order valence-corrected chi connectivity index (χ3v) is 7.41. The van der Waals surface area contributed by atoms with Gasteiger partial charge in [-0.25, -0.2) is 4.39 Å². The van der Waals surface area contributed by atoms with Crippen LogP contribution in [-0.4, -0.2) is 0 Å². The van der Waals surface area contributed by atoms with Crippen molar-refractivity contribution in [2.75, 3.05) is 0 Å². The molecule has 0 aromatic heterocycles. The first kappa shape index (κ1) is 22.8. The van der Waals surface area contributed by atoms with Gasteiger partial charge in [0.25, 0.3) is 0 Å². The van der Waals surface area contributed by atoms with Crippen LogP contribution in [0.15, 0.2) is 67.3 Å². The van der Waals surface area contributed by atoms with Crippen LogP contribution in [0.3, 0.4) is 0 Å². The van der Waals surface area contributed by atoms with Gasteiger partial charge in [-0.1, -0.05) is 80.4 Å². The molecule has 0 heterocycles. The highest BCUT2D eigenvalue weighted by molar-refractivity contribution is 5.88. The van der Waals surface area contributed by atoms with Gasteiger partial charge in [0, 0.05) is 10.9 Å². The molecule has 3 aromatic carbocycles. The molecule has 3 aromatic rings. The van der Waals surface area contributed by atoms with Gasteiger partial charge in [0.2, 0.25) is 0 Å². The maximum Gasteiger partial charge on any atom is 0.138 e. The van der Waals surface area contributed by atoms with E-state index in [-0.39, 0.29) is 5.82 Å². The fourth-order valence-corrected chi connectivity index (χ4v) is 5.37. The van der Waals surface area contributed by atoms with E-state index in [1.54, 1.807) is 0 Å². The van der Waals surface area contributed by atoms with Crippen molar-refractivity contribution in [1.29, 1.82) is 0 Å². The minimum absolute atomic E-state index is 0.0990. The number of rotatable bonds is 9. The number of hydrogen-bond acceptors (Lipinski definition) is 0. The van der Waals surface area contributed by atoms with E-state index in [1.807, 2.05) is 18.2 Å². The molecule has 1 aliphatic rings. The minimum Gasteiger partial charge on any atom is -0.206 e. The van der Waals surface area contributed by atoms with Crippen LogP contribution in [0.4, 0.5) is 4.39 Å². The number of benzene rings is 3. The molecular formula is C31H37F. The zero-order valence-electron chi connectivity index (χ0n) is 19.6. The second-order valence-electron chi connectivity index (χ2n) is 9.65. The van der Waals surface area contributed by atoms with E-state index >= 15 is 4.39 Å². The molecule has 0 amide bonds. The lowest BCUT2D eigenvalue weighted by atomic mass is 9.77. The molecule has 168 valence electrons. The predicted molar refractivity (Wildman–Crippen MR) is 137 cm³/mol. The normalized spacial score (nSPS) is 18.7. The summed E-state index contributed by atoms with van der Waals surface area (Å²) in [5.41, 5.74) is 4.39. The SMILES string of the molecule is C=CCCC1CCC(c2ccc(-c3ccc4cc(CCCCC)ccc4c3F)cc2)CC1. The molecule has 0 nitrogen and oxygen atoms in total. The van der Waals surface area contributed by atoms with Gasteiger partial charge in [0.05, 0.1) is 0 Å². The van der Waals surface area contributed by atoms with Gasteiger partial charge < -0.3 is 0 Å². The zero-order chi connectivity index (χ0) is 22.3. The fraction of sp³-hybridized carbons (Fsp3) is 0.419. The smallest absolute Gasteiger partial charge is 0.138 e. The average molecular weight is 429 g/mol. The van der Waals surface area contributed by atoms with Crippen molar-refractivity contribution >= 4 is 10.8 Å². The summed E-state index contributed by atoms with van der Waals surface area (Å²) >= 11 is 0. The lowest BCUT2D eigenvalue weighted by Crippen LogP contribution is -2.13. The Hall–Kier alpha value is -2.41. The molecule has 4 rings (SSSR count). The quantitative estimate of drug-likeness (QED) is 0.235. The summed E-state index contributed by atoms with van der Waals surface area (Å²) in [5.74, 6) is 1.41. The summed E-state index contributed by atoms with van der Waals surface area (Å²) in [6, 6.07) is 18.9. The summed E-state index contributed by atoms with van der Waals surface area (Å²) in [6.07, 6.45) is 14.4. The molecule has 0 unspecified atom stereocenters. The van der Waals surface area contributed by atoms with Crippen molar-refractivity contribution in [1.82, 2.24) is 0 Å².